The van der Waals surface area contributed by atoms with Crippen molar-refractivity contribution in [2.24, 2.45) is 0 Å². The maximum atomic E-state index is 12.8. The van der Waals surface area contributed by atoms with Gasteiger partial charge in [-0.3, -0.25) is 9.48 Å². The highest BCUT2D eigenvalue weighted by atomic mass is 35.5. The molecule has 0 unspecified atom stereocenters. The zero-order chi connectivity index (χ0) is 19.4. The second kappa shape index (κ2) is 8.65. The molecule has 1 aromatic carbocycles. The fourth-order valence-electron chi connectivity index (χ4n) is 3.07. The van der Waals surface area contributed by atoms with E-state index in [0.717, 1.165) is 30.6 Å². The van der Waals surface area contributed by atoms with E-state index in [1.165, 1.54) is 0 Å². The molecular weight excluding hydrogens is 366 g/mol. The van der Waals surface area contributed by atoms with Crippen LogP contribution in [0.3, 0.4) is 0 Å². The van der Waals surface area contributed by atoms with Gasteiger partial charge >= 0.3 is 0 Å². The van der Waals surface area contributed by atoms with Gasteiger partial charge in [-0.15, -0.1) is 0 Å². The summed E-state index contributed by atoms with van der Waals surface area (Å²) >= 11 is 6.41. The smallest absolute Gasteiger partial charge is 0.256 e. The van der Waals surface area contributed by atoms with Crippen molar-refractivity contribution in [2.75, 3.05) is 13.2 Å². The molecule has 1 aromatic heterocycles. The Kier molecular flexibility index (Phi) is 6.26. The number of hydrogen-bond acceptors (Lipinski definition) is 4. The number of aryl methyl sites for hydroxylation is 2. The van der Waals surface area contributed by atoms with E-state index < -0.39 is 0 Å². The number of unbranched alkanes of at least 4 members (excludes halogenated alkanes) is 1. The topological polar surface area (TPSA) is 65.4 Å². The quantitative estimate of drug-likeness (QED) is 0.797. The highest BCUT2D eigenvalue weighted by Gasteiger charge is 2.22. The Labute approximate surface area is 164 Å². The van der Waals surface area contributed by atoms with Gasteiger partial charge in [0.05, 0.1) is 30.5 Å². The third-order valence-electron chi connectivity index (χ3n) is 4.64. The number of ether oxygens (including phenoxy) is 2. The molecule has 0 fully saturated rings. The zero-order valence-electron chi connectivity index (χ0n) is 16.0. The Morgan fingerprint density at radius 2 is 2.07 bits per heavy atom. The van der Waals surface area contributed by atoms with Crippen LogP contribution in [0.5, 0.6) is 11.5 Å². The molecule has 0 bridgehead atoms. The Balaban J connectivity index is 1.74. The minimum absolute atomic E-state index is 0.205. The van der Waals surface area contributed by atoms with E-state index >= 15 is 0 Å². The molecule has 27 heavy (non-hydrogen) atoms. The molecule has 2 aromatic rings. The number of hydrogen-bond donors (Lipinski definition) is 1. The number of carbonyl (C=O) groups excluding carboxylic acids is 1. The summed E-state index contributed by atoms with van der Waals surface area (Å²) in [6.07, 6.45) is 2.86. The van der Waals surface area contributed by atoms with Gasteiger partial charge in [0.2, 0.25) is 0 Å². The van der Waals surface area contributed by atoms with Gasteiger partial charge in [-0.2, -0.15) is 5.10 Å². The van der Waals surface area contributed by atoms with Crippen LogP contribution in [0.15, 0.2) is 18.2 Å². The molecule has 0 saturated heterocycles. The lowest BCUT2D eigenvalue weighted by Gasteiger charge is -2.16. The average molecular weight is 392 g/mol. The van der Waals surface area contributed by atoms with Gasteiger partial charge in [0.15, 0.2) is 11.5 Å². The van der Waals surface area contributed by atoms with Crippen molar-refractivity contribution < 1.29 is 14.3 Å². The van der Waals surface area contributed by atoms with Crippen LogP contribution in [-0.4, -0.2) is 28.9 Å². The number of nitrogens with one attached hydrogen (secondary N) is 1. The van der Waals surface area contributed by atoms with Crippen molar-refractivity contribution in [3.05, 3.63) is 40.2 Å². The van der Waals surface area contributed by atoms with Crippen molar-refractivity contribution in [2.45, 2.75) is 52.6 Å². The van der Waals surface area contributed by atoms with Crippen LogP contribution in [0.25, 0.3) is 0 Å². The lowest BCUT2D eigenvalue weighted by molar-refractivity contribution is 0.0939. The highest BCUT2D eigenvalue weighted by molar-refractivity contribution is 6.33. The monoisotopic (exact) mass is 391 g/mol. The number of benzene rings is 1. The first-order chi connectivity index (χ1) is 13.0. The number of nitrogens with zero attached hydrogens (tertiary/aromatic N) is 2. The van der Waals surface area contributed by atoms with Crippen molar-refractivity contribution in [1.29, 1.82) is 0 Å². The Hall–Kier alpha value is -2.21. The Bertz CT molecular complexity index is 819. The number of fused-ring (bicyclic) bond motifs is 1. The molecule has 146 valence electrons. The van der Waals surface area contributed by atoms with E-state index in [4.69, 9.17) is 21.1 Å². The van der Waals surface area contributed by atoms with Gasteiger partial charge < -0.3 is 14.8 Å². The minimum Gasteiger partial charge on any atom is -0.490 e. The van der Waals surface area contributed by atoms with E-state index in [0.29, 0.717) is 41.9 Å². The van der Waals surface area contributed by atoms with Crippen LogP contribution < -0.4 is 14.8 Å². The highest BCUT2D eigenvalue weighted by Crippen LogP contribution is 2.32. The second-order valence-electron chi connectivity index (χ2n) is 6.78. The van der Waals surface area contributed by atoms with Crippen LogP contribution in [0.1, 0.15) is 60.8 Å². The summed E-state index contributed by atoms with van der Waals surface area (Å²) in [4.78, 5) is 12.8. The van der Waals surface area contributed by atoms with Gasteiger partial charge in [-0.1, -0.05) is 31.0 Å². The number of rotatable bonds is 6. The molecule has 0 aliphatic carbocycles. The van der Waals surface area contributed by atoms with Crippen LogP contribution in [-0.2, 0) is 6.54 Å². The van der Waals surface area contributed by atoms with E-state index in [1.54, 1.807) is 4.68 Å². The molecule has 6 nitrogen and oxygen atoms in total. The summed E-state index contributed by atoms with van der Waals surface area (Å²) in [5.41, 5.74) is 2.02. The van der Waals surface area contributed by atoms with Crippen LogP contribution in [0.4, 0.5) is 0 Å². The fraction of sp³-hybridized carbons (Fsp3) is 0.500. The van der Waals surface area contributed by atoms with E-state index in [-0.39, 0.29) is 11.9 Å². The third kappa shape index (κ3) is 4.38. The fourth-order valence-corrected chi connectivity index (χ4v) is 3.41. The summed E-state index contributed by atoms with van der Waals surface area (Å²) < 4.78 is 13.1. The lowest BCUT2D eigenvalue weighted by Crippen LogP contribution is -2.27. The summed E-state index contributed by atoms with van der Waals surface area (Å²) in [6.45, 7) is 7.83. The van der Waals surface area contributed by atoms with Crippen molar-refractivity contribution in [3.8, 4) is 11.5 Å². The van der Waals surface area contributed by atoms with Crippen molar-refractivity contribution >= 4 is 17.5 Å². The normalized spacial score (nSPS) is 14.5. The molecule has 0 saturated carbocycles. The van der Waals surface area contributed by atoms with Gasteiger partial charge in [0.25, 0.3) is 5.91 Å². The first kappa shape index (κ1) is 19.5. The molecule has 1 amide bonds. The predicted molar refractivity (Wildman–Crippen MR) is 105 cm³/mol. The molecule has 1 aliphatic rings. The molecule has 2 heterocycles. The van der Waals surface area contributed by atoms with Gasteiger partial charge in [0.1, 0.15) is 5.15 Å². The molecule has 1 aliphatic heterocycles. The molecule has 1 N–H and O–H groups in total. The Morgan fingerprint density at radius 3 is 2.81 bits per heavy atom. The van der Waals surface area contributed by atoms with Crippen molar-refractivity contribution in [1.82, 2.24) is 15.1 Å². The molecule has 0 spiro atoms. The SMILES string of the molecule is CCCCn1nc(C)c(C(=O)N[C@@H](C)c2ccc3c(c2)OCCCO3)c1Cl. The number of amides is 1. The van der Waals surface area contributed by atoms with Gasteiger partial charge in [0, 0.05) is 13.0 Å². The number of aromatic nitrogens is 2. The summed E-state index contributed by atoms with van der Waals surface area (Å²) in [6, 6.07) is 5.55. The van der Waals surface area contributed by atoms with Gasteiger partial charge in [-0.05, 0) is 38.0 Å². The molecule has 1 atom stereocenters. The van der Waals surface area contributed by atoms with E-state index in [9.17, 15) is 4.79 Å². The van der Waals surface area contributed by atoms with E-state index in [1.807, 2.05) is 32.0 Å². The Morgan fingerprint density at radius 1 is 1.33 bits per heavy atom. The van der Waals surface area contributed by atoms with Crippen LogP contribution in [0, 0.1) is 6.92 Å². The standard InChI is InChI=1S/C20H26ClN3O3/c1-4-5-9-24-19(21)18(14(3)23-24)20(25)22-13(2)15-7-8-16-17(12-15)27-11-6-10-26-16/h7-8,12-13H,4-6,9-11H2,1-3H3,(H,22,25)/t13-/m0/s1. The van der Waals surface area contributed by atoms with Crippen molar-refractivity contribution in [3.63, 3.8) is 0 Å². The van der Waals surface area contributed by atoms with Crippen LogP contribution >= 0.6 is 11.6 Å². The van der Waals surface area contributed by atoms with E-state index in [2.05, 4.69) is 17.3 Å². The lowest BCUT2D eigenvalue weighted by atomic mass is 10.1. The number of carbonyl (C=O) groups is 1. The molecular formula is C20H26ClN3O3. The summed E-state index contributed by atoms with van der Waals surface area (Å²) in [7, 11) is 0. The van der Waals surface area contributed by atoms with Gasteiger partial charge in [-0.25, -0.2) is 0 Å². The van der Waals surface area contributed by atoms with Crippen LogP contribution in [0.2, 0.25) is 5.15 Å². The summed E-state index contributed by atoms with van der Waals surface area (Å²) in [5.74, 6) is 1.23. The predicted octanol–water partition coefficient (Wildman–Crippen LogP) is 4.30. The second-order valence-corrected chi connectivity index (χ2v) is 7.14. The molecule has 7 heteroatoms. The third-order valence-corrected chi connectivity index (χ3v) is 5.02. The molecule has 3 rings (SSSR count). The summed E-state index contributed by atoms with van der Waals surface area (Å²) in [5, 5.41) is 7.81. The first-order valence-electron chi connectivity index (χ1n) is 9.44. The maximum Gasteiger partial charge on any atom is 0.256 e. The first-order valence-corrected chi connectivity index (χ1v) is 9.82. The number of halogens is 1. The zero-order valence-corrected chi connectivity index (χ0v) is 16.8. The minimum atomic E-state index is -0.222. The molecule has 0 radical (unpaired) electrons. The maximum absolute atomic E-state index is 12.8. The largest absolute Gasteiger partial charge is 0.490 e. The average Bonchev–Trinajstić information content (AvgIpc) is 2.81.